The minimum atomic E-state index is -3.80. The third-order valence-corrected chi connectivity index (χ3v) is 10.1. The zero-order valence-corrected chi connectivity index (χ0v) is 26.2. The van der Waals surface area contributed by atoms with Crippen molar-refractivity contribution in [2.24, 2.45) is 10.9 Å². The number of pyridine rings is 1. The number of aliphatic imine (C=N–C) groups is 1. The Bertz CT molecular complexity index is 1500. The van der Waals surface area contributed by atoms with Crippen LogP contribution in [0.25, 0.3) is 0 Å². The molecule has 0 radical (unpaired) electrons. The van der Waals surface area contributed by atoms with E-state index in [2.05, 4.69) is 36.4 Å². The van der Waals surface area contributed by atoms with Gasteiger partial charge in [-0.15, -0.1) is 6.58 Å². The Morgan fingerprint density at radius 2 is 1.91 bits per heavy atom. The number of carbonyl (C=O) groups excluding carboxylic acids is 2. The van der Waals surface area contributed by atoms with E-state index in [1.54, 1.807) is 19.3 Å². The molecule has 11 nitrogen and oxygen atoms in total. The van der Waals surface area contributed by atoms with Gasteiger partial charge in [0.25, 0.3) is 5.91 Å². The summed E-state index contributed by atoms with van der Waals surface area (Å²) in [6.07, 6.45) is 10.4. The predicted molar refractivity (Wildman–Crippen MR) is 170 cm³/mol. The SMILES string of the molecule is C=CCNS(=O)(=O)c1cccc(C(=O)N=C2Cc3cnc(OCCN4CCCCC4)cc3N2C2CCC(C(=O)NC)CC2)c1. The number of benzene rings is 1. The molecule has 0 spiro atoms. The van der Waals surface area contributed by atoms with Crippen molar-refractivity contribution in [3.63, 3.8) is 0 Å². The number of anilines is 1. The van der Waals surface area contributed by atoms with Crippen LogP contribution in [0.1, 0.15) is 60.9 Å². The standard InChI is InChI=1S/C32H42N6O5S/c1-3-14-35-44(41,42)27-9-7-8-24(19-27)32(40)36-29-20-25-22-34-30(43-18-17-37-15-5-4-6-16-37)21-28(25)38(29)26-12-10-23(11-13-26)31(39)33-2/h3,7-9,19,21-23,26,35H,1,4-6,10-18,20H2,2H3,(H,33,39). The number of nitrogens with zero attached hydrogens (tertiary/aromatic N) is 4. The highest BCUT2D eigenvalue weighted by Gasteiger charge is 2.36. The van der Waals surface area contributed by atoms with Gasteiger partial charge in [0.15, 0.2) is 0 Å². The van der Waals surface area contributed by atoms with E-state index in [0.29, 0.717) is 24.7 Å². The van der Waals surface area contributed by atoms with Crippen LogP contribution in [0.4, 0.5) is 5.69 Å². The van der Waals surface area contributed by atoms with E-state index < -0.39 is 15.9 Å². The summed E-state index contributed by atoms with van der Waals surface area (Å²) in [5.74, 6) is 0.607. The number of amides is 2. The average Bonchev–Trinajstić information content (AvgIpc) is 3.41. The first kappa shape index (κ1) is 31.8. The van der Waals surface area contributed by atoms with Crippen molar-refractivity contribution in [1.82, 2.24) is 19.9 Å². The Morgan fingerprint density at radius 3 is 2.64 bits per heavy atom. The first-order chi connectivity index (χ1) is 21.3. The molecule has 1 aromatic carbocycles. The largest absolute Gasteiger partial charge is 0.476 e. The molecule has 44 heavy (non-hydrogen) atoms. The lowest BCUT2D eigenvalue weighted by Gasteiger charge is -2.35. The summed E-state index contributed by atoms with van der Waals surface area (Å²) in [5.41, 5.74) is 2.03. The Labute approximate surface area is 259 Å². The molecule has 12 heteroatoms. The molecular formula is C32H42N6O5S. The van der Waals surface area contributed by atoms with Gasteiger partial charge in [-0.25, -0.2) is 18.1 Å². The Balaban J connectivity index is 1.38. The number of nitrogens with one attached hydrogen (secondary N) is 2. The van der Waals surface area contributed by atoms with E-state index in [4.69, 9.17) is 4.74 Å². The van der Waals surface area contributed by atoms with Gasteiger partial charge in [0.1, 0.15) is 12.4 Å². The number of sulfonamides is 1. The summed E-state index contributed by atoms with van der Waals surface area (Å²) in [7, 11) is -2.14. The highest BCUT2D eigenvalue weighted by Crippen LogP contribution is 2.38. The van der Waals surface area contributed by atoms with Crippen LogP contribution in [-0.2, 0) is 21.2 Å². The summed E-state index contributed by atoms with van der Waals surface area (Å²) in [5, 5.41) is 2.76. The molecule has 2 amide bonds. The van der Waals surface area contributed by atoms with Gasteiger partial charge in [-0.2, -0.15) is 4.99 Å². The van der Waals surface area contributed by atoms with Crippen LogP contribution in [0.3, 0.4) is 0 Å². The van der Waals surface area contributed by atoms with Gasteiger partial charge in [-0.1, -0.05) is 18.6 Å². The zero-order chi connectivity index (χ0) is 31.1. The molecule has 0 atom stereocenters. The number of carbonyl (C=O) groups is 2. The molecule has 1 saturated heterocycles. The highest BCUT2D eigenvalue weighted by atomic mass is 32.2. The molecule has 2 aliphatic heterocycles. The van der Waals surface area contributed by atoms with Gasteiger partial charge < -0.3 is 15.0 Å². The molecule has 5 rings (SSSR count). The number of amidine groups is 1. The van der Waals surface area contributed by atoms with Gasteiger partial charge in [0, 0.05) is 61.9 Å². The molecule has 1 aliphatic carbocycles. The van der Waals surface area contributed by atoms with Crippen LogP contribution < -0.4 is 19.7 Å². The van der Waals surface area contributed by atoms with Crippen molar-refractivity contribution >= 4 is 33.4 Å². The Morgan fingerprint density at radius 1 is 1.14 bits per heavy atom. The number of ether oxygens (including phenoxy) is 1. The molecule has 236 valence electrons. The van der Waals surface area contributed by atoms with Gasteiger partial charge in [0.2, 0.25) is 21.8 Å². The number of hydrogen-bond donors (Lipinski definition) is 2. The van der Waals surface area contributed by atoms with Gasteiger partial charge >= 0.3 is 0 Å². The molecule has 1 aromatic heterocycles. The molecule has 0 bridgehead atoms. The fourth-order valence-corrected chi connectivity index (χ4v) is 7.33. The summed E-state index contributed by atoms with van der Waals surface area (Å²) in [6.45, 7) is 7.22. The van der Waals surface area contributed by atoms with Crippen molar-refractivity contribution in [2.45, 2.75) is 62.3 Å². The first-order valence-corrected chi connectivity index (χ1v) is 16.9. The second-order valence-electron chi connectivity index (χ2n) is 11.6. The van der Waals surface area contributed by atoms with Crippen molar-refractivity contribution in [1.29, 1.82) is 0 Å². The predicted octanol–water partition coefficient (Wildman–Crippen LogP) is 3.32. The number of likely N-dealkylation sites (tertiary alicyclic amines) is 1. The molecule has 2 fully saturated rings. The third kappa shape index (κ3) is 7.54. The quantitative estimate of drug-likeness (QED) is 0.365. The topological polar surface area (TPSA) is 133 Å². The zero-order valence-electron chi connectivity index (χ0n) is 25.3. The van der Waals surface area contributed by atoms with E-state index in [-0.39, 0.29) is 34.9 Å². The van der Waals surface area contributed by atoms with E-state index in [1.165, 1.54) is 43.5 Å². The maximum absolute atomic E-state index is 13.5. The number of aromatic nitrogens is 1. The maximum atomic E-state index is 13.5. The lowest BCUT2D eigenvalue weighted by molar-refractivity contribution is -0.125. The van der Waals surface area contributed by atoms with Crippen LogP contribution in [0.5, 0.6) is 5.88 Å². The number of rotatable bonds is 11. The molecule has 3 heterocycles. The summed E-state index contributed by atoms with van der Waals surface area (Å²) in [4.78, 5) is 39.4. The normalized spacial score (nSPS) is 21.6. The fourth-order valence-electron chi connectivity index (χ4n) is 6.28. The monoisotopic (exact) mass is 622 g/mol. The van der Waals surface area contributed by atoms with Gasteiger partial charge in [-0.05, 0) is 69.8 Å². The second kappa shape index (κ2) is 14.4. The van der Waals surface area contributed by atoms with Crippen LogP contribution >= 0.6 is 0 Å². The molecule has 0 unspecified atom stereocenters. The molecule has 2 N–H and O–H groups in total. The summed E-state index contributed by atoms with van der Waals surface area (Å²) < 4.78 is 33.8. The fraction of sp³-hybridized carbons (Fsp3) is 0.500. The molecule has 1 saturated carbocycles. The van der Waals surface area contributed by atoms with Crippen molar-refractivity contribution in [2.75, 3.05) is 44.7 Å². The highest BCUT2D eigenvalue weighted by molar-refractivity contribution is 7.89. The smallest absolute Gasteiger partial charge is 0.278 e. The number of hydrogen-bond acceptors (Lipinski definition) is 7. The van der Waals surface area contributed by atoms with E-state index >= 15 is 0 Å². The van der Waals surface area contributed by atoms with Crippen LogP contribution in [0, 0.1) is 5.92 Å². The Kier molecular flexibility index (Phi) is 10.4. The molecule has 3 aliphatic rings. The number of piperidine rings is 1. The minimum absolute atomic E-state index is 0.0139. The van der Waals surface area contributed by atoms with Crippen LogP contribution in [0.2, 0.25) is 0 Å². The lowest BCUT2D eigenvalue weighted by atomic mass is 9.84. The third-order valence-electron chi connectivity index (χ3n) is 8.65. The maximum Gasteiger partial charge on any atom is 0.278 e. The van der Waals surface area contributed by atoms with Crippen LogP contribution in [0.15, 0.2) is 59.1 Å². The molecule has 2 aromatic rings. The minimum Gasteiger partial charge on any atom is -0.476 e. The van der Waals surface area contributed by atoms with Crippen molar-refractivity contribution in [3.05, 3.63) is 60.3 Å². The van der Waals surface area contributed by atoms with Gasteiger partial charge in [-0.3, -0.25) is 14.5 Å². The first-order valence-electron chi connectivity index (χ1n) is 15.5. The van der Waals surface area contributed by atoms with E-state index in [1.807, 2.05) is 6.07 Å². The van der Waals surface area contributed by atoms with Crippen molar-refractivity contribution in [3.8, 4) is 5.88 Å². The van der Waals surface area contributed by atoms with Crippen molar-refractivity contribution < 1.29 is 22.7 Å². The van der Waals surface area contributed by atoms with Gasteiger partial charge in [0.05, 0.1) is 10.6 Å². The summed E-state index contributed by atoms with van der Waals surface area (Å²) >= 11 is 0. The van der Waals surface area contributed by atoms with E-state index in [0.717, 1.165) is 56.6 Å². The molecular weight excluding hydrogens is 580 g/mol. The second-order valence-corrected chi connectivity index (χ2v) is 13.3. The number of fused-ring (bicyclic) bond motifs is 1. The summed E-state index contributed by atoms with van der Waals surface area (Å²) in [6, 6.07) is 7.86. The average molecular weight is 623 g/mol. The lowest BCUT2D eigenvalue weighted by Crippen LogP contribution is -2.42. The van der Waals surface area contributed by atoms with E-state index in [9.17, 15) is 18.0 Å². The Hall–Kier alpha value is -3.61. The van der Waals surface area contributed by atoms with Crippen LogP contribution in [-0.4, -0.2) is 81.8 Å².